The Morgan fingerprint density at radius 3 is 2.90 bits per heavy atom. The molecule has 0 radical (unpaired) electrons. The first-order valence-electron chi connectivity index (χ1n) is 6.51. The highest BCUT2D eigenvalue weighted by Gasteiger charge is 2.00. The maximum absolute atomic E-state index is 8.69. The van der Waals surface area contributed by atoms with Crippen LogP contribution in [0.3, 0.4) is 0 Å². The van der Waals surface area contributed by atoms with E-state index in [1.165, 1.54) is 5.56 Å². The molecular formula is C17H17NO2. The summed E-state index contributed by atoms with van der Waals surface area (Å²) in [5, 5.41) is 8.69. The van der Waals surface area contributed by atoms with Crippen molar-refractivity contribution in [2.45, 2.75) is 20.0 Å². The van der Waals surface area contributed by atoms with Gasteiger partial charge in [0, 0.05) is 18.2 Å². The van der Waals surface area contributed by atoms with Crippen molar-refractivity contribution < 1.29 is 9.84 Å². The fraction of sp³-hybridized carbons (Fsp3) is 0.235. The summed E-state index contributed by atoms with van der Waals surface area (Å²) in [5.74, 6) is 6.51. The van der Waals surface area contributed by atoms with Crippen molar-refractivity contribution in [1.29, 1.82) is 0 Å². The molecule has 2 aromatic rings. The van der Waals surface area contributed by atoms with Gasteiger partial charge in [-0.15, -0.1) is 0 Å². The second kappa shape index (κ2) is 7.32. The third-order valence-electron chi connectivity index (χ3n) is 2.84. The van der Waals surface area contributed by atoms with Gasteiger partial charge in [-0.25, -0.2) is 0 Å². The predicted octanol–water partition coefficient (Wildman–Crippen LogP) is 2.70. The minimum absolute atomic E-state index is 0.0733. The number of rotatable bonds is 4. The zero-order valence-corrected chi connectivity index (χ0v) is 11.5. The number of aliphatic hydroxyl groups is 1. The van der Waals surface area contributed by atoms with E-state index in [-0.39, 0.29) is 6.61 Å². The monoisotopic (exact) mass is 267 g/mol. The molecule has 1 N–H and O–H groups in total. The van der Waals surface area contributed by atoms with Gasteiger partial charge in [0.15, 0.2) is 0 Å². The molecule has 3 nitrogen and oxygen atoms in total. The summed E-state index contributed by atoms with van der Waals surface area (Å²) in [4.78, 5) is 4.11. The maximum atomic E-state index is 8.69. The first-order valence-corrected chi connectivity index (χ1v) is 6.51. The molecule has 0 bridgehead atoms. The molecule has 20 heavy (non-hydrogen) atoms. The number of ether oxygens (including phenoxy) is 1. The van der Waals surface area contributed by atoms with Crippen LogP contribution in [0, 0.1) is 18.8 Å². The van der Waals surface area contributed by atoms with Crippen LogP contribution < -0.4 is 4.74 Å². The molecule has 102 valence electrons. The van der Waals surface area contributed by atoms with Crippen LogP contribution in [0.2, 0.25) is 0 Å². The summed E-state index contributed by atoms with van der Waals surface area (Å²) in [6.07, 6.45) is 3.83. The second-order valence-corrected chi connectivity index (χ2v) is 4.40. The van der Waals surface area contributed by atoms with Gasteiger partial charge in [-0.2, -0.15) is 0 Å². The number of benzene rings is 1. The Balaban J connectivity index is 2.02. The van der Waals surface area contributed by atoms with E-state index in [1.54, 1.807) is 12.4 Å². The first-order chi connectivity index (χ1) is 9.79. The molecule has 1 aromatic carbocycles. The molecule has 1 heterocycles. The van der Waals surface area contributed by atoms with Crippen molar-refractivity contribution in [2.24, 2.45) is 0 Å². The minimum atomic E-state index is 0.0733. The smallest absolute Gasteiger partial charge is 0.139 e. The molecule has 0 aliphatic rings. The van der Waals surface area contributed by atoms with E-state index in [2.05, 4.69) is 29.8 Å². The fourth-order valence-electron chi connectivity index (χ4n) is 1.72. The van der Waals surface area contributed by atoms with Crippen molar-refractivity contribution in [3.8, 4) is 17.6 Å². The number of hydrogen-bond acceptors (Lipinski definition) is 3. The Hall–Kier alpha value is -2.31. The summed E-state index contributed by atoms with van der Waals surface area (Å²) < 4.78 is 5.74. The zero-order valence-electron chi connectivity index (χ0n) is 11.5. The summed E-state index contributed by atoms with van der Waals surface area (Å²) in [6, 6.07) is 9.98. The van der Waals surface area contributed by atoms with Crippen molar-refractivity contribution in [3.05, 3.63) is 59.4 Å². The van der Waals surface area contributed by atoms with Crippen molar-refractivity contribution in [1.82, 2.24) is 4.98 Å². The highest BCUT2D eigenvalue weighted by atomic mass is 16.5. The van der Waals surface area contributed by atoms with Crippen LogP contribution in [0.25, 0.3) is 0 Å². The highest BCUT2D eigenvalue weighted by molar-refractivity contribution is 5.37. The van der Waals surface area contributed by atoms with Gasteiger partial charge in [-0.3, -0.25) is 4.98 Å². The number of aliphatic hydroxyl groups excluding tert-OH is 1. The van der Waals surface area contributed by atoms with E-state index < -0.39 is 0 Å². The highest BCUT2D eigenvalue weighted by Crippen LogP contribution is 2.14. The topological polar surface area (TPSA) is 42.4 Å². The average molecular weight is 267 g/mol. The first kappa shape index (κ1) is 14.1. The molecule has 3 heteroatoms. The Morgan fingerprint density at radius 2 is 2.10 bits per heavy atom. The molecular weight excluding hydrogens is 250 g/mol. The Labute approximate surface area is 119 Å². The van der Waals surface area contributed by atoms with Crippen LogP contribution in [-0.4, -0.2) is 16.7 Å². The molecule has 0 fully saturated rings. The molecule has 0 amide bonds. The number of nitrogens with zero attached hydrogens (tertiary/aromatic N) is 1. The van der Waals surface area contributed by atoms with E-state index in [4.69, 9.17) is 9.84 Å². The Bertz CT molecular complexity index is 626. The molecule has 0 saturated carbocycles. The van der Waals surface area contributed by atoms with Crippen LogP contribution in [0.4, 0.5) is 0 Å². The second-order valence-electron chi connectivity index (χ2n) is 4.40. The van der Waals surface area contributed by atoms with Gasteiger partial charge in [0.1, 0.15) is 12.4 Å². The number of pyridine rings is 1. The van der Waals surface area contributed by atoms with Gasteiger partial charge >= 0.3 is 0 Å². The summed E-state index contributed by atoms with van der Waals surface area (Å²) in [5.41, 5.74) is 3.16. The number of aromatic nitrogens is 1. The van der Waals surface area contributed by atoms with Crippen LogP contribution in [0.15, 0.2) is 42.7 Å². The molecule has 0 aliphatic carbocycles. The molecule has 0 aliphatic heterocycles. The van der Waals surface area contributed by atoms with Crippen LogP contribution in [0.1, 0.15) is 23.1 Å². The third-order valence-corrected chi connectivity index (χ3v) is 2.84. The molecule has 0 spiro atoms. The fourth-order valence-corrected chi connectivity index (χ4v) is 1.72. The van der Waals surface area contributed by atoms with E-state index in [1.807, 2.05) is 24.3 Å². The molecule has 0 unspecified atom stereocenters. The lowest BCUT2D eigenvalue weighted by molar-refractivity contribution is 0.304. The lowest BCUT2D eigenvalue weighted by atomic mass is 10.1. The van der Waals surface area contributed by atoms with Crippen molar-refractivity contribution in [2.75, 3.05) is 6.61 Å². The van der Waals surface area contributed by atoms with Gasteiger partial charge in [0.2, 0.25) is 0 Å². The van der Waals surface area contributed by atoms with Crippen molar-refractivity contribution in [3.63, 3.8) is 0 Å². The SMILES string of the molecule is Cc1ccccc1COc1cncc(C#CCCO)c1. The molecule has 0 atom stereocenters. The van der Waals surface area contributed by atoms with Crippen LogP contribution in [-0.2, 0) is 6.61 Å². The maximum Gasteiger partial charge on any atom is 0.139 e. The molecule has 0 saturated heterocycles. The quantitative estimate of drug-likeness (QED) is 0.866. The largest absolute Gasteiger partial charge is 0.487 e. The average Bonchev–Trinajstić information content (AvgIpc) is 2.47. The Kier molecular flexibility index (Phi) is 5.16. The molecule has 2 rings (SSSR count). The van der Waals surface area contributed by atoms with Gasteiger partial charge in [0.05, 0.1) is 12.8 Å². The lowest BCUT2D eigenvalue weighted by Crippen LogP contribution is -1.98. The minimum Gasteiger partial charge on any atom is -0.487 e. The van der Waals surface area contributed by atoms with E-state index in [0.29, 0.717) is 18.8 Å². The van der Waals surface area contributed by atoms with E-state index >= 15 is 0 Å². The van der Waals surface area contributed by atoms with Gasteiger partial charge < -0.3 is 9.84 Å². The summed E-state index contributed by atoms with van der Waals surface area (Å²) >= 11 is 0. The molecule has 1 aromatic heterocycles. The number of aryl methyl sites for hydroxylation is 1. The van der Waals surface area contributed by atoms with Crippen LogP contribution in [0.5, 0.6) is 5.75 Å². The normalized spacial score (nSPS) is 9.70. The third kappa shape index (κ3) is 4.11. The van der Waals surface area contributed by atoms with E-state index in [0.717, 1.165) is 11.1 Å². The summed E-state index contributed by atoms with van der Waals surface area (Å²) in [6.45, 7) is 2.65. The van der Waals surface area contributed by atoms with Gasteiger partial charge in [0.25, 0.3) is 0 Å². The lowest BCUT2D eigenvalue weighted by Gasteiger charge is -2.08. The zero-order chi connectivity index (χ0) is 14.2. The van der Waals surface area contributed by atoms with Gasteiger partial charge in [-0.1, -0.05) is 36.1 Å². The standard InChI is InChI=1S/C17H17NO2/c1-14-6-2-3-8-16(14)13-20-17-10-15(11-18-12-17)7-4-5-9-19/h2-3,6,8,10-12,19H,5,9,13H2,1H3. The van der Waals surface area contributed by atoms with Crippen LogP contribution >= 0.6 is 0 Å². The predicted molar refractivity (Wildman–Crippen MR) is 78.3 cm³/mol. The van der Waals surface area contributed by atoms with E-state index in [9.17, 15) is 0 Å². The summed E-state index contributed by atoms with van der Waals surface area (Å²) in [7, 11) is 0. The van der Waals surface area contributed by atoms with Gasteiger partial charge in [-0.05, 0) is 24.1 Å². The number of hydrogen-bond donors (Lipinski definition) is 1. The Morgan fingerprint density at radius 1 is 1.25 bits per heavy atom. The van der Waals surface area contributed by atoms with Crippen molar-refractivity contribution >= 4 is 0 Å².